The Balaban J connectivity index is 1.32. The zero-order valence-electron chi connectivity index (χ0n) is 16.9. The van der Waals surface area contributed by atoms with Crippen molar-refractivity contribution in [2.24, 2.45) is 13.0 Å². The molecule has 0 bridgehead atoms. The largest absolute Gasteiger partial charge is 0.350 e. The molecule has 0 unspecified atom stereocenters. The molecule has 2 aromatic carbocycles. The third kappa shape index (κ3) is 4.80. The van der Waals surface area contributed by atoms with Crippen molar-refractivity contribution in [3.63, 3.8) is 0 Å². The molecule has 1 fully saturated rings. The van der Waals surface area contributed by atoms with Gasteiger partial charge in [0.05, 0.1) is 0 Å². The van der Waals surface area contributed by atoms with Crippen LogP contribution >= 0.6 is 11.6 Å². The molecular formula is C25H27ClN2O. The molecule has 0 radical (unpaired) electrons. The molecule has 0 amide bonds. The molecule has 0 atom stereocenters. The fraction of sp³-hybridized carbons (Fsp3) is 0.320. The highest BCUT2D eigenvalue weighted by Crippen LogP contribution is 2.25. The SMILES string of the molecule is Cn1cc(C(=O)C=CC2CCN(CCc3ccccc3)CC2)c2ccc(Cl)cc21. The summed E-state index contributed by atoms with van der Waals surface area (Å²) >= 11 is 6.09. The van der Waals surface area contributed by atoms with Crippen molar-refractivity contribution in [2.45, 2.75) is 19.3 Å². The zero-order chi connectivity index (χ0) is 20.2. The lowest BCUT2D eigenvalue weighted by Crippen LogP contribution is -2.34. The lowest BCUT2D eigenvalue weighted by atomic mass is 9.95. The number of ketones is 1. The van der Waals surface area contributed by atoms with Crippen LogP contribution in [0.4, 0.5) is 0 Å². The molecule has 0 saturated carbocycles. The number of carbonyl (C=O) groups is 1. The van der Waals surface area contributed by atoms with Crippen molar-refractivity contribution < 1.29 is 4.79 Å². The van der Waals surface area contributed by atoms with E-state index in [1.54, 1.807) is 6.08 Å². The summed E-state index contributed by atoms with van der Waals surface area (Å²) in [4.78, 5) is 15.3. The van der Waals surface area contributed by atoms with Gasteiger partial charge in [0.15, 0.2) is 5.78 Å². The molecule has 1 aliphatic heterocycles. The number of halogens is 1. The number of allylic oxidation sites excluding steroid dienone is 2. The van der Waals surface area contributed by atoms with Crippen LogP contribution in [0.1, 0.15) is 28.8 Å². The summed E-state index contributed by atoms with van der Waals surface area (Å²) in [7, 11) is 1.95. The zero-order valence-corrected chi connectivity index (χ0v) is 17.6. The summed E-state index contributed by atoms with van der Waals surface area (Å²) in [5.74, 6) is 0.556. The number of aromatic nitrogens is 1. The van der Waals surface area contributed by atoms with E-state index in [1.807, 2.05) is 36.0 Å². The Morgan fingerprint density at radius 3 is 2.66 bits per heavy atom. The fourth-order valence-electron chi connectivity index (χ4n) is 4.17. The van der Waals surface area contributed by atoms with Gasteiger partial charge < -0.3 is 9.47 Å². The number of fused-ring (bicyclic) bond motifs is 1. The van der Waals surface area contributed by atoms with Crippen LogP contribution in [0.25, 0.3) is 10.9 Å². The monoisotopic (exact) mass is 406 g/mol. The summed E-state index contributed by atoms with van der Waals surface area (Å²) in [5, 5.41) is 1.65. The molecule has 0 spiro atoms. The predicted octanol–water partition coefficient (Wildman–Crippen LogP) is 5.53. The number of benzene rings is 2. The second kappa shape index (κ2) is 8.98. The molecule has 1 aromatic heterocycles. The van der Waals surface area contributed by atoms with E-state index in [0.717, 1.165) is 55.4 Å². The van der Waals surface area contributed by atoms with Crippen molar-refractivity contribution in [3.8, 4) is 0 Å². The summed E-state index contributed by atoms with van der Waals surface area (Å²) < 4.78 is 1.97. The molecule has 0 aliphatic carbocycles. The highest BCUT2D eigenvalue weighted by Gasteiger charge is 2.18. The van der Waals surface area contributed by atoms with E-state index in [1.165, 1.54) is 5.56 Å². The maximum Gasteiger partial charge on any atom is 0.187 e. The van der Waals surface area contributed by atoms with Crippen molar-refractivity contribution in [2.75, 3.05) is 19.6 Å². The topological polar surface area (TPSA) is 25.2 Å². The average molecular weight is 407 g/mol. The number of hydrogen-bond acceptors (Lipinski definition) is 2. The number of aryl methyl sites for hydroxylation is 1. The minimum Gasteiger partial charge on any atom is -0.350 e. The smallest absolute Gasteiger partial charge is 0.187 e. The first-order chi connectivity index (χ1) is 14.1. The van der Waals surface area contributed by atoms with Gasteiger partial charge in [0, 0.05) is 41.3 Å². The van der Waals surface area contributed by atoms with E-state index >= 15 is 0 Å². The Kier molecular flexibility index (Phi) is 6.17. The Morgan fingerprint density at radius 1 is 1.14 bits per heavy atom. The number of nitrogens with zero attached hydrogens (tertiary/aromatic N) is 2. The Morgan fingerprint density at radius 2 is 1.90 bits per heavy atom. The minimum absolute atomic E-state index is 0.0735. The molecule has 4 heteroatoms. The summed E-state index contributed by atoms with van der Waals surface area (Å²) in [6.45, 7) is 3.31. The van der Waals surface area contributed by atoms with E-state index in [4.69, 9.17) is 11.6 Å². The molecule has 3 nitrogen and oxygen atoms in total. The van der Waals surface area contributed by atoms with Crippen LogP contribution in [0, 0.1) is 5.92 Å². The molecule has 3 aromatic rings. The first kappa shape index (κ1) is 19.9. The summed E-state index contributed by atoms with van der Waals surface area (Å²) in [5.41, 5.74) is 3.13. The van der Waals surface area contributed by atoms with Crippen LogP contribution in [-0.2, 0) is 13.5 Å². The highest BCUT2D eigenvalue weighted by atomic mass is 35.5. The molecule has 29 heavy (non-hydrogen) atoms. The van der Waals surface area contributed by atoms with Gasteiger partial charge in [-0.25, -0.2) is 0 Å². The fourth-order valence-corrected chi connectivity index (χ4v) is 4.33. The van der Waals surface area contributed by atoms with Gasteiger partial charge in [-0.1, -0.05) is 54.1 Å². The second-order valence-electron chi connectivity index (χ2n) is 7.95. The van der Waals surface area contributed by atoms with E-state index in [-0.39, 0.29) is 5.78 Å². The van der Waals surface area contributed by atoms with Crippen LogP contribution in [-0.4, -0.2) is 34.9 Å². The normalized spacial score (nSPS) is 16.1. The van der Waals surface area contributed by atoms with Crippen LogP contribution in [0.15, 0.2) is 66.9 Å². The van der Waals surface area contributed by atoms with Gasteiger partial charge in [0.25, 0.3) is 0 Å². The molecule has 0 N–H and O–H groups in total. The van der Waals surface area contributed by atoms with Crippen LogP contribution in [0.5, 0.6) is 0 Å². The lowest BCUT2D eigenvalue weighted by Gasteiger charge is -2.30. The van der Waals surface area contributed by atoms with Crippen LogP contribution < -0.4 is 0 Å². The third-order valence-electron chi connectivity index (χ3n) is 5.93. The summed E-state index contributed by atoms with van der Waals surface area (Å²) in [6, 6.07) is 16.4. The van der Waals surface area contributed by atoms with E-state index in [9.17, 15) is 4.79 Å². The number of likely N-dealkylation sites (tertiary alicyclic amines) is 1. The van der Waals surface area contributed by atoms with Crippen LogP contribution in [0.3, 0.4) is 0 Å². The van der Waals surface area contributed by atoms with Gasteiger partial charge in [0.2, 0.25) is 0 Å². The number of piperidine rings is 1. The van der Waals surface area contributed by atoms with Crippen molar-refractivity contribution in [1.82, 2.24) is 9.47 Å². The van der Waals surface area contributed by atoms with Crippen molar-refractivity contribution in [3.05, 3.63) is 83.0 Å². The quantitative estimate of drug-likeness (QED) is 0.397. The first-order valence-electron chi connectivity index (χ1n) is 10.3. The lowest BCUT2D eigenvalue weighted by molar-refractivity contribution is 0.104. The number of hydrogen-bond donors (Lipinski definition) is 0. The maximum atomic E-state index is 12.8. The van der Waals surface area contributed by atoms with E-state index in [2.05, 4.69) is 41.3 Å². The van der Waals surface area contributed by atoms with E-state index in [0.29, 0.717) is 10.9 Å². The maximum absolute atomic E-state index is 12.8. The molecular weight excluding hydrogens is 380 g/mol. The highest BCUT2D eigenvalue weighted by molar-refractivity contribution is 6.31. The average Bonchev–Trinajstić information content (AvgIpc) is 3.08. The van der Waals surface area contributed by atoms with Crippen LogP contribution in [0.2, 0.25) is 5.02 Å². The third-order valence-corrected chi connectivity index (χ3v) is 6.16. The predicted molar refractivity (Wildman–Crippen MR) is 121 cm³/mol. The van der Waals surface area contributed by atoms with Gasteiger partial charge in [0.1, 0.15) is 0 Å². The first-order valence-corrected chi connectivity index (χ1v) is 10.7. The minimum atomic E-state index is 0.0735. The van der Waals surface area contributed by atoms with Gasteiger partial charge >= 0.3 is 0 Å². The Hall–Kier alpha value is -2.36. The summed E-state index contributed by atoms with van der Waals surface area (Å²) in [6.07, 6.45) is 9.12. The number of rotatable bonds is 6. The van der Waals surface area contributed by atoms with Gasteiger partial charge in [-0.3, -0.25) is 4.79 Å². The van der Waals surface area contributed by atoms with Gasteiger partial charge in [-0.05, 0) is 62.0 Å². The Labute approximate surface area is 177 Å². The molecule has 4 rings (SSSR count). The van der Waals surface area contributed by atoms with Crippen molar-refractivity contribution in [1.29, 1.82) is 0 Å². The molecule has 1 saturated heterocycles. The second-order valence-corrected chi connectivity index (χ2v) is 8.39. The Bertz CT molecular complexity index is 1010. The molecule has 1 aliphatic rings. The molecule has 2 heterocycles. The molecule has 150 valence electrons. The van der Waals surface area contributed by atoms with E-state index < -0.39 is 0 Å². The standard InChI is InChI=1S/C25H27ClN2O/c1-27-18-23(22-9-8-21(26)17-24(22)27)25(29)10-7-20-12-15-28(16-13-20)14-11-19-5-3-2-4-6-19/h2-10,17-18,20H,11-16H2,1H3. The van der Waals surface area contributed by atoms with Crippen molar-refractivity contribution >= 4 is 28.3 Å². The van der Waals surface area contributed by atoms with Gasteiger partial charge in [-0.15, -0.1) is 0 Å². The van der Waals surface area contributed by atoms with Gasteiger partial charge in [-0.2, -0.15) is 0 Å². The number of carbonyl (C=O) groups excluding carboxylic acids is 1.